The van der Waals surface area contributed by atoms with E-state index < -0.39 is 0 Å². The van der Waals surface area contributed by atoms with Crippen LogP contribution in [0.3, 0.4) is 0 Å². The minimum absolute atomic E-state index is 0.229. The first-order valence-electron chi connectivity index (χ1n) is 6.53. The summed E-state index contributed by atoms with van der Waals surface area (Å²) in [6.07, 6.45) is 4.81. The largest absolute Gasteiger partial charge is 0.383 e. The fourth-order valence-corrected chi connectivity index (χ4v) is 2.65. The third-order valence-corrected chi connectivity index (χ3v) is 3.81. The van der Waals surface area contributed by atoms with Crippen molar-refractivity contribution >= 4 is 33.6 Å². The number of hydrogen-bond acceptors (Lipinski definition) is 4. The van der Waals surface area contributed by atoms with Crippen molar-refractivity contribution in [1.29, 1.82) is 0 Å². The molecule has 2 aromatic heterocycles. The SMILES string of the molecule is Nc1nc(N)c2ccc3c(ccn3CC3CC3)c2n1. The summed E-state index contributed by atoms with van der Waals surface area (Å²) in [6.45, 7) is 1.09. The zero-order valence-corrected chi connectivity index (χ0v) is 10.5. The molecule has 4 rings (SSSR count). The van der Waals surface area contributed by atoms with Gasteiger partial charge in [-0.3, -0.25) is 0 Å². The maximum atomic E-state index is 5.91. The Labute approximate surface area is 110 Å². The lowest BCUT2D eigenvalue weighted by molar-refractivity contribution is 0.647. The van der Waals surface area contributed by atoms with E-state index in [2.05, 4.69) is 32.9 Å². The summed E-state index contributed by atoms with van der Waals surface area (Å²) < 4.78 is 2.29. The predicted molar refractivity (Wildman–Crippen MR) is 76.6 cm³/mol. The fourth-order valence-electron chi connectivity index (χ4n) is 2.65. The summed E-state index contributed by atoms with van der Waals surface area (Å²) in [5, 5.41) is 1.96. The minimum atomic E-state index is 0.229. The Bertz CT molecular complexity index is 785. The number of hydrogen-bond donors (Lipinski definition) is 2. The Balaban J connectivity index is 2.00. The lowest BCUT2D eigenvalue weighted by Gasteiger charge is -2.06. The lowest BCUT2D eigenvalue weighted by Crippen LogP contribution is -2.01. The van der Waals surface area contributed by atoms with E-state index in [1.807, 2.05) is 6.07 Å². The number of anilines is 2. The standard InChI is InChI=1S/C14H15N5/c15-13-10-3-4-11-9(12(10)17-14(16)18-13)5-6-19(11)7-8-1-2-8/h3-6,8H,1-2,7H2,(H4,15,16,17,18). The maximum Gasteiger partial charge on any atom is 0.222 e. The number of aromatic nitrogens is 3. The first-order valence-corrected chi connectivity index (χ1v) is 6.53. The molecule has 0 saturated heterocycles. The third kappa shape index (κ3) is 1.62. The van der Waals surface area contributed by atoms with Crippen LogP contribution in [-0.4, -0.2) is 14.5 Å². The Hall–Kier alpha value is -2.30. The molecule has 2 heterocycles. The van der Waals surface area contributed by atoms with Crippen LogP contribution in [0, 0.1) is 5.92 Å². The average molecular weight is 253 g/mol. The van der Waals surface area contributed by atoms with Gasteiger partial charge in [-0.05, 0) is 37.0 Å². The summed E-state index contributed by atoms with van der Waals surface area (Å²) in [5.41, 5.74) is 13.6. The number of fused-ring (bicyclic) bond motifs is 3. The molecular formula is C14H15N5. The molecule has 96 valence electrons. The Morgan fingerprint density at radius 2 is 1.95 bits per heavy atom. The van der Waals surface area contributed by atoms with Crippen molar-refractivity contribution in [2.75, 3.05) is 11.5 Å². The molecule has 5 nitrogen and oxygen atoms in total. The molecule has 19 heavy (non-hydrogen) atoms. The number of rotatable bonds is 2. The highest BCUT2D eigenvalue weighted by atomic mass is 15.0. The van der Waals surface area contributed by atoms with E-state index in [1.165, 1.54) is 18.4 Å². The van der Waals surface area contributed by atoms with E-state index in [0.717, 1.165) is 28.8 Å². The van der Waals surface area contributed by atoms with Gasteiger partial charge in [-0.15, -0.1) is 0 Å². The van der Waals surface area contributed by atoms with Crippen LogP contribution < -0.4 is 11.5 Å². The van der Waals surface area contributed by atoms with Crippen molar-refractivity contribution in [2.45, 2.75) is 19.4 Å². The molecule has 1 saturated carbocycles. The van der Waals surface area contributed by atoms with Crippen LogP contribution >= 0.6 is 0 Å². The normalized spacial score (nSPS) is 15.4. The minimum Gasteiger partial charge on any atom is -0.383 e. The monoisotopic (exact) mass is 253 g/mol. The molecule has 1 aliphatic carbocycles. The molecule has 0 aliphatic heterocycles. The van der Waals surface area contributed by atoms with Gasteiger partial charge in [-0.25, -0.2) is 4.98 Å². The number of nitrogens with two attached hydrogens (primary N) is 2. The van der Waals surface area contributed by atoms with Crippen molar-refractivity contribution in [3.63, 3.8) is 0 Å². The first kappa shape index (κ1) is 10.6. The van der Waals surface area contributed by atoms with Gasteiger partial charge in [0.05, 0.1) is 11.0 Å². The molecule has 3 aromatic rings. The molecule has 1 fully saturated rings. The molecule has 0 bridgehead atoms. The van der Waals surface area contributed by atoms with Crippen LogP contribution in [0.5, 0.6) is 0 Å². The van der Waals surface area contributed by atoms with E-state index in [-0.39, 0.29) is 5.95 Å². The van der Waals surface area contributed by atoms with E-state index in [1.54, 1.807) is 0 Å². The molecule has 1 aromatic carbocycles. The second-order valence-electron chi connectivity index (χ2n) is 5.27. The van der Waals surface area contributed by atoms with Crippen LogP contribution in [0.15, 0.2) is 24.4 Å². The van der Waals surface area contributed by atoms with Crippen molar-refractivity contribution in [3.8, 4) is 0 Å². The summed E-state index contributed by atoms with van der Waals surface area (Å²) in [6, 6.07) is 6.16. The van der Waals surface area contributed by atoms with Crippen LogP contribution in [-0.2, 0) is 6.54 Å². The van der Waals surface area contributed by atoms with Crippen LogP contribution in [0.25, 0.3) is 21.8 Å². The van der Waals surface area contributed by atoms with Crippen LogP contribution in [0.2, 0.25) is 0 Å². The van der Waals surface area contributed by atoms with E-state index in [4.69, 9.17) is 11.5 Å². The van der Waals surface area contributed by atoms with Gasteiger partial charge in [0, 0.05) is 23.5 Å². The molecule has 0 atom stereocenters. The Morgan fingerprint density at radius 1 is 1.11 bits per heavy atom. The van der Waals surface area contributed by atoms with Crippen LogP contribution in [0.4, 0.5) is 11.8 Å². The molecule has 0 radical (unpaired) electrons. The van der Waals surface area contributed by atoms with Crippen molar-refractivity contribution < 1.29 is 0 Å². The van der Waals surface area contributed by atoms with Gasteiger partial charge in [0.15, 0.2) is 0 Å². The number of nitrogen functional groups attached to an aromatic ring is 2. The molecule has 0 spiro atoms. The zero-order valence-electron chi connectivity index (χ0n) is 10.5. The van der Waals surface area contributed by atoms with Crippen molar-refractivity contribution in [1.82, 2.24) is 14.5 Å². The third-order valence-electron chi connectivity index (χ3n) is 3.81. The zero-order chi connectivity index (χ0) is 13.0. The molecule has 1 aliphatic rings. The number of nitrogens with zero attached hydrogens (tertiary/aromatic N) is 3. The van der Waals surface area contributed by atoms with Crippen molar-refractivity contribution in [2.24, 2.45) is 5.92 Å². The van der Waals surface area contributed by atoms with Gasteiger partial charge in [-0.2, -0.15) is 4.98 Å². The van der Waals surface area contributed by atoms with Gasteiger partial charge < -0.3 is 16.0 Å². The fraction of sp³-hybridized carbons (Fsp3) is 0.286. The average Bonchev–Trinajstić information content (AvgIpc) is 3.09. The van der Waals surface area contributed by atoms with Crippen LogP contribution in [0.1, 0.15) is 12.8 Å². The maximum absolute atomic E-state index is 5.91. The highest BCUT2D eigenvalue weighted by Gasteiger charge is 2.22. The molecular weight excluding hydrogens is 238 g/mol. The highest BCUT2D eigenvalue weighted by molar-refractivity contribution is 6.07. The Kier molecular flexibility index (Phi) is 2.01. The summed E-state index contributed by atoms with van der Waals surface area (Å²) in [5.74, 6) is 1.51. The van der Waals surface area contributed by atoms with Gasteiger partial charge in [-0.1, -0.05) is 0 Å². The topological polar surface area (TPSA) is 82.7 Å². The quantitative estimate of drug-likeness (QED) is 0.733. The highest BCUT2D eigenvalue weighted by Crippen LogP contribution is 2.33. The molecule has 0 amide bonds. The second-order valence-corrected chi connectivity index (χ2v) is 5.27. The summed E-state index contributed by atoms with van der Waals surface area (Å²) in [7, 11) is 0. The van der Waals surface area contributed by atoms with Crippen molar-refractivity contribution in [3.05, 3.63) is 24.4 Å². The molecule has 0 unspecified atom stereocenters. The molecule has 4 N–H and O–H groups in total. The predicted octanol–water partition coefficient (Wildman–Crippen LogP) is 2.16. The van der Waals surface area contributed by atoms with Gasteiger partial charge >= 0.3 is 0 Å². The lowest BCUT2D eigenvalue weighted by atomic mass is 10.1. The van der Waals surface area contributed by atoms with Gasteiger partial charge in [0.1, 0.15) is 5.82 Å². The Morgan fingerprint density at radius 3 is 2.74 bits per heavy atom. The van der Waals surface area contributed by atoms with E-state index >= 15 is 0 Å². The van der Waals surface area contributed by atoms with E-state index in [0.29, 0.717) is 5.82 Å². The second kappa shape index (κ2) is 3.60. The summed E-state index contributed by atoms with van der Waals surface area (Å²) in [4.78, 5) is 8.36. The smallest absolute Gasteiger partial charge is 0.222 e. The number of benzene rings is 1. The van der Waals surface area contributed by atoms with Gasteiger partial charge in [0.2, 0.25) is 5.95 Å². The van der Waals surface area contributed by atoms with Gasteiger partial charge in [0.25, 0.3) is 0 Å². The molecule has 5 heteroatoms. The van der Waals surface area contributed by atoms with E-state index in [9.17, 15) is 0 Å². The summed E-state index contributed by atoms with van der Waals surface area (Å²) >= 11 is 0. The first-order chi connectivity index (χ1) is 9.22.